The highest BCUT2D eigenvalue weighted by Crippen LogP contribution is 2.30. The van der Waals surface area contributed by atoms with E-state index in [1.54, 1.807) is 23.9 Å². The van der Waals surface area contributed by atoms with E-state index in [4.69, 9.17) is 0 Å². The predicted molar refractivity (Wildman–Crippen MR) is 73.7 cm³/mol. The largest absolute Gasteiger partial charge is 0.380 e. The molecule has 0 fully saturated rings. The highest BCUT2D eigenvalue weighted by atomic mass is 32.2. The van der Waals surface area contributed by atoms with Crippen molar-refractivity contribution >= 4 is 23.1 Å². The number of anilines is 1. The van der Waals surface area contributed by atoms with Gasteiger partial charge in [0.05, 0.1) is 4.92 Å². The lowest BCUT2D eigenvalue weighted by Gasteiger charge is -2.10. The van der Waals surface area contributed by atoms with Crippen LogP contribution >= 0.6 is 11.8 Å². The molecule has 17 heavy (non-hydrogen) atoms. The number of nitrogens with zero attached hydrogens (tertiary/aromatic N) is 1. The van der Waals surface area contributed by atoms with E-state index in [1.165, 1.54) is 0 Å². The zero-order valence-electron chi connectivity index (χ0n) is 10.2. The first-order valence-electron chi connectivity index (χ1n) is 5.78. The Morgan fingerprint density at radius 1 is 1.41 bits per heavy atom. The molecule has 0 bridgehead atoms. The van der Waals surface area contributed by atoms with Crippen molar-refractivity contribution in [3.8, 4) is 0 Å². The Labute approximate surface area is 106 Å². The van der Waals surface area contributed by atoms with Crippen LogP contribution in [0.3, 0.4) is 0 Å². The van der Waals surface area contributed by atoms with Gasteiger partial charge in [-0.05, 0) is 24.7 Å². The summed E-state index contributed by atoms with van der Waals surface area (Å²) in [5.41, 5.74) is 1.85. The van der Waals surface area contributed by atoms with Gasteiger partial charge in [-0.1, -0.05) is 19.1 Å². The van der Waals surface area contributed by atoms with Crippen LogP contribution in [0.4, 0.5) is 11.4 Å². The van der Waals surface area contributed by atoms with E-state index < -0.39 is 0 Å². The van der Waals surface area contributed by atoms with E-state index in [0.717, 1.165) is 23.5 Å². The number of thioether (sulfide) groups is 1. The van der Waals surface area contributed by atoms with Gasteiger partial charge < -0.3 is 5.32 Å². The third-order valence-corrected chi connectivity index (χ3v) is 3.50. The van der Waals surface area contributed by atoms with Crippen LogP contribution in [-0.4, -0.2) is 17.2 Å². The van der Waals surface area contributed by atoms with E-state index in [1.807, 2.05) is 13.0 Å². The topological polar surface area (TPSA) is 55.2 Å². The first-order chi connectivity index (χ1) is 8.20. The normalized spacial score (nSPS) is 10.2. The van der Waals surface area contributed by atoms with Crippen molar-refractivity contribution in [1.29, 1.82) is 0 Å². The molecule has 0 saturated heterocycles. The highest BCUT2D eigenvalue weighted by Gasteiger charge is 2.16. The molecule has 1 aromatic carbocycles. The minimum Gasteiger partial charge on any atom is -0.380 e. The van der Waals surface area contributed by atoms with Crippen LogP contribution in [-0.2, 0) is 5.75 Å². The van der Waals surface area contributed by atoms with E-state index in [2.05, 4.69) is 12.2 Å². The Kier molecular flexibility index (Phi) is 5.83. The zero-order valence-corrected chi connectivity index (χ0v) is 11.0. The summed E-state index contributed by atoms with van der Waals surface area (Å²) in [4.78, 5) is 10.6. The standard InChI is InChI=1S/C12H18N2O2S/c1-3-8-17-9-10-6-5-7-11(14(15)16)12(10)13-4-2/h5-7,13H,3-4,8-9H2,1-2H3. The quantitative estimate of drug-likeness (QED) is 0.458. The number of hydrogen-bond donors (Lipinski definition) is 1. The molecule has 1 rings (SSSR count). The molecule has 0 heterocycles. The number of benzene rings is 1. The fourth-order valence-corrected chi connectivity index (χ4v) is 2.46. The third-order valence-electron chi connectivity index (χ3n) is 2.29. The molecule has 0 aromatic heterocycles. The van der Waals surface area contributed by atoms with Crippen molar-refractivity contribution in [3.63, 3.8) is 0 Å². The van der Waals surface area contributed by atoms with Gasteiger partial charge in [0.2, 0.25) is 0 Å². The number of nitro benzene ring substituents is 1. The molecular weight excluding hydrogens is 236 g/mol. The second kappa shape index (κ2) is 7.17. The third kappa shape index (κ3) is 3.93. The summed E-state index contributed by atoms with van der Waals surface area (Å²) in [7, 11) is 0. The number of rotatable bonds is 7. The second-order valence-electron chi connectivity index (χ2n) is 3.65. The average Bonchev–Trinajstić information content (AvgIpc) is 2.31. The summed E-state index contributed by atoms with van der Waals surface area (Å²) in [5, 5.41) is 14.0. The van der Waals surface area contributed by atoms with Crippen LogP contribution in [0.15, 0.2) is 18.2 Å². The maximum atomic E-state index is 10.9. The van der Waals surface area contributed by atoms with Crippen LogP contribution in [0.25, 0.3) is 0 Å². The van der Waals surface area contributed by atoms with Crippen LogP contribution in [0.1, 0.15) is 25.8 Å². The van der Waals surface area contributed by atoms with Crippen LogP contribution in [0, 0.1) is 10.1 Å². The van der Waals surface area contributed by atoms with Crippen molar-refractivity contribution < 1.29 is 4.92 Å². The first-order valence-corrected chi connectivity index (χ1v) is 6.94. The fraction of sp³-hybridized carbons (Fsp3) is 0.500. The Morgan fingerprint density at radius 2 is 2.18 bits per heavy atom. The van der Waals surface area contributed by atoms with Crippen LogP contribution in [0.5, 0.6) is 0 Å². The molecule has 0 radical (unpaired) electrons. The van der Waals surface area contributed by atoms with Gasteiger partial charge in [-0.15, -0.1) is 0 Å². The molecular formula is C12H18N2O2S. The smallest absolute Gasteiger partial charge is 0.292 e. The molecule has 0 aliphatic rings. The summed E-state index contributed by atoms with van der Waals surface area (Å²) in [6, 6.07) is 5.25. The summed E-state index contributed by atoms with van der Waals surface area (Å²) in [5.74, 6) is 1.89. The minimum atomic E-state index is -0.327. The van der Waals surface area contributed by atoms with Gasteiger partial charge >= 0.3 is 0 Å². The Bertz CT molecular complexity index is 383. The van der Waals surface area contributed by atoms with E-state index in [0.29, 0.717) is 12.2 Å². The maximum absolute atomic E-state index is 10.9. The molecule has 5 heteroatoms. The number of nitro groups is 1. The van der Waals surface area contributed by atoms with E-state index in [9.17, 15) is 10.1 Å². The molecule has 0 atom stereocenters. The highest BCUT2D eigenvalue weighted by molar-refractivity contribution is 7.98. The Balaban J connectivity index is 2.93. The lowest BCUT2D eigenvalue weighted by molar-refractivity contribution is -0.384. The first kappa shape index (κ1) is 13.8. The fourth-order valence-electron chi connectivity index (χ4n) is 1.57. The molecule has 0 saturated carbocycles. The van der Waals surface area contributed by atoms with Gasteiger partial charge in [-0.3, -0.25) is 10.1 Å². The lowest BCUT2D eigenvalue weighted by atomic mass is 10.1. The molecule has 0 spiro atoms. The van der Waals surface area contributed by atoms with Gasteiger partial charge in [0.1, 0.15) is 5.69 Å². The minimum absolute atomic E-state index is 0.168. The number of para-hydroxylation sites is 1. The van der Waals surface area contributed by atoms with Gasteiger partial charge in [0.15, 0.2) is 0 Å². The lowest BCUT2D eigenvalue weighted by Crippen LogP contribution is -2.04. The molecule has 0 amide bonds. The SMILES string of the molecule is CCCSCc1cccc([N+](=O)[O-])c1NCC. The summed E-state index contributed by atoms with van der Waals surface area (Å²) in [6.07, 6.45) is 1.12. The van der Waals surface area contributed by atoms with E-state index in [-0.39, 0.29) is 10.6 Å². The second-order valence-corrected chi connectivity index (χ2v) is 4.76. The molecule has 1 aromatic rings. The van der Waals surface area contributed by atoms with Crippen molar-refractivity contribution in [1.82, 2.24) is 0 Å². The average molecular weight is 254 g/mol. The number of hydrogen-bond acceptors (Lipinski definition) is 4. The van der Waals surface area contributed by atoms with Gasteiger partial charge in [0.25, 0.3) is 5.69 Å². The van der Waals surface area contributed by atoms with Crippen LogP contribution in [0.2, 0.25) is 0 Å². The van der Waals surface area contributed by atoms with E-state index >= 15 is 0 Å². The molecule has 0 unspecified atom stereocenters. The van der Waals surface area contributed by atoms with Crippen molar-refractivity contribution in [3.05, 3.63) is 33.9 Å². The Hall–Kier alpha value is -1.23. The Morgan fingerprint density at radius 3 is 2.76 bits per heavy atom. The monoisotopic (exact) mass is 254 g/mol. The molecule has 0 aliphatic heterocycles. The predicted octanol–water partition coefficient (Wildman–Crippen LogP) is 3.67. The van der Waals surface area contributed by atoms with Crippen LogP contribution < -0.4 is 5.32 Å². The summed E-state index contributed by atoms with van der Waals surface area (Å²) < 4.78 is 0. The van der Waals surface area contributed by atoms with Crippen molar-refractivity contribution in [2.45, 2.75) is 26.0 Å². The van der Waals surface area contributed by atoms with Crippen molar-refractivity contribution in [2.75, 3.05) is 17.6 Å². The molecule has 1 N–H and O–H groups in total. The van der Waals surface area contributed by atoms with Gasteiger partial charge in [-0.2, -0.15) is 11.8 Å². The molecule has 94 valence electrons. The van der Waals surface area contributed by atoms with Gasteiger partial charge in [0, 0.05) is 18.4 Å². The zero-order chi connectivity index (χ0) is 12.7. The molecule has 0 aliphatic carbocycles. The molecule has 4 nitrogen and oxygen atoms in total. The maximum Gasteiger partial charge on any atom is 0.292 e. The van der Waals surface area contributed by atoms with Gasteiger partial charge in [-0.25, -0.2) is 0 Å². The summed E-state index contributed by atoms with van der Waals surface area (Å²) >= 11 is 1.80. The number of nitrogens with one attached hydrogen (secondary N) is 1. The summed E-state index contributed by atoms with van der Waals surface area (Å²) in [6.45, 7) is 4.77. The van der Waals surface area contributed by atoms with Crippen molar-refractivity contribution in [2.24, 2.45) is 0 Å².